The first kappa shape index (κ1) is 15.5. The molecule has 2 N–H and O–H groups in total. The number of nitrogens with one attached hydrogen (secondary N) is 2. The molecule has 1 unspecified atom stereocenters. The van der Waals surface area contributed by atoms with Gasteiger partial charge in [-0.3, -0.25) is 4.79 Å². The molecule has 20 heavy (non-hydrogen) atoms. The lowest BCUT2D eigenvalue weighted by molar-refractivity contribution is -0.115. The van der Waals surface area contributed by atoms with E-state index in [1.165, 1.54) is 32.1 Å². The average Bonchev–Trinajstić information content (AvgIpc) is 2.46. The Bertz CT molecular complexity index is 444. The van der Waals surface area contributed by atoms with Crippen LogP contribution in [-0.2, 0) is 4.79 Å². The van der Waals surface area contributed by atoms with E-state index < -0.39 is 0 Å². The number of benzene rings is 1. The highest BCUT2D eigenvalue weighted by Gasteiger charge is 2.20. The third kappa shape index (κ3) is 4.91. The van der Waals surface area contributed by atoms with E-state index in [0.29, 0.717) is 12.6 Å². The van der Waals surface area contributed by atoms with Crippen LogP contribution in [0.3, 0.4) is 0 Å². The molecule has 4 heteroatoms. The second-order valence-electron chi connectivity index (χ2n) is 5.63. The first-order valence-electron chi connectivity index (χ1n) is 7.44. The van der Waals surface area contributed by atoms with Crippen molar-refractivity contribution in [1.29, 1.82) is 0 Å². The van der Waals surface area contributed by atoms with Crippen molar-refractivity contribution in [2.45, 2.75) is 45.1 Å². The Hall–Kier alpha value is -0.870. The van der Waals surface area contributed by atoms with Gasteiger partial charge in [0.2, 0.25) is 5.91 Å². The number of carbonyl (C=O) groups excluding carboxylic acids is 1. The molecule has 0 spiro atoms. The molecule has 1 fully saturated rings. The molecule has 1 atom stereocenters. The van der Waals surface area contributed by atoms with Crippen molar-refractivity contribution in [3.8, 4) is 0 Å². The normalized spacial score (nSPS) is 17.7. The summed E-state index contributed by atoms with van der Waals surface area (Å²) < 4.78 is 0.971. The summed E-state index contributed by atoms with van der Waals surface area (Å²) in [7, 11) is 0. The summed E-state index contributed by atoms with van der Waals surface area (Å²) in [5, 5.41) is 6.27. The molecule has 0 saturated heterocycles. The van der Waals surface area contributed by atoms with Gasteiger partial charge in [0.15, 0.2) is 0 Å². The molecule has 0 radical (unpaired) electrons. The van der Waals surface area contributed by atoms with Crippen molar-refractivity contribution >= 4 is 27.5 Å². The third-order valence-corrected chi connectivity index (χ3v) is 4.54. The minimum absolute atomic E-state index is 0.0192. The zero-order valence-corrected chi connectivity index (χ0v) is 13.6. The number of anilines is 1. The summed E-state index contributed by atoms with van der Waals surface area (Å²) in [6.07, 6.45) is 6.62. The molecule has 0 aliphatic heterocycles. The van der Waals surface area contributed by atoms with E-state index in [0.717, 1.165) is 16.1 Å². The Labute approximate surface area is 129 Å². The van der Waals surface area contributed by atoms with Crippen LogP contribution in [0.2, 0.25) is 0 Å². The molecular formula is C16H23BrN2O. The van der Waals surface area contributed by atoms with Crippen LogP contribution in [0.15, 0.2) is 28.7 Å². The minimum atomic E-state index is 0.0192. The molecule has 3 nitrogen and oxygen atoms in total. The monoisotopic (exact) mass is 338 g/mol. The van der Waals surface area contributed by atoms with Gasteiger partial charge in [-0.05, 0) is 43.9 Å². The average molecular weight is 339 g/mol. The summed E-state index contributed by atoms with van der Waals surface area (Å²) >= 11 is 3.40. The van der Waals surface area contributed by atoms with Crippen molar-refractivity contribution in [2.75, 3.05) is 11.9 Å². The molecule has 0 heterocycles. The smallest absolute Gasteiger partial charge is 0.238 e. The highest BCUT2D eigenvalue weighted by molar-refractivity contribution is 9.10. The van der Waals surface area contributed by atoms with Crippen LogP contribution in [-0.4, -0.2) is 18.5 Å². The maximum atomic E-state index is 11.9. The Morgan fingerprint density at radius 1 is 1.35 bits per heavy atom. The fourth-order valence-electron chi connectivity index (χ4n) is 2.83. The third-order valence-electron chi connectivity index (χ3n) is 4.05. The summed E-state index contributed by atoms with van der Waals surface area (Å²) in [5.74, 6) is 0.744. The van der Waals surface area contributed by atoms with Crippen molar-refractivity contribution in [3.63, 3.8) is 0 Å². The number of halogens is 1. The van der Waals surface area contributed by atoms with Crippen LogP contribution in [0.25, 0.3) is 0 Å². The number of amides is 1. The number of hydrogen-bond donors (Lipinski definition) is 2. The van der Waals surface area contributed by atoms with E-state index in [4.69, 9.17) is 0 Å². The highest BCUT2D eigenvalue weighted by Crippen LogP contribution is 2.26. The number of hydrogen-bond acceptors (Lipinski definition) is 2. The van der Waals surface area contributed by atoms with Crippen LogP contribution in [0.1, 0.15) is 39.0 Å². The van der Waals surface area contributed by atoms with Crippen molar-refractivity contribution < 1.29 is 4.79 Å². The van der Waals surface area contributed by atoms with Gasteiger partial charge >= 0.3 is 0 Å². The van der Waals surface area contributed by atoms with Gasteiger partial charge in [-0.1, -0.05) is 41.3 Å². The first-order chi connectivity index (χ1) is 9.65. The second-order valence-corrected chi connectivity index (χ2v) is 6.54. The molecular weight excluding hydrogens is 316 g/mol. The fraction of sp³-hybridized carbons (Fsp3) is 0.562. The predicted molar refractivity (Wildman–Crippen MR) is 86.8 cm³/mol. The largest absolute Gasteiger partial charge is 0.325 e. The predicted octanol–water partition coefficient (Wildman–Crippen LogP) is 3.95. The van der Waals surface area contributed by atoms with Gasteiger partial charge in [0.05, 0.1) is 6.54 Å². The summed E-state index contributed by atoms with van der Waals surface area (Å²) in [4.78, 5) is 11.9. The lowest BCUT2D eigenvalue weighted by atomic mass is 9.84. The lowest BCUT2D eigenvalue weighted by Gasteiger charge is -2.28. The van der Waals surface area contributed by atoms with E-state index >= 15 is 0 Å². The molecule has 1 aliphatic rings. The minimum Gasteiger partial charge on any atom is -0.325 e. The maximum absolute atomic E-state index is 11.9. The van der Waals surface area contributed by atoms with Crippen molar-refractivity contribution in [1.82, 2.24) is 5.32 Å². The van der Waals surface area contributed by atoms with Gasteiger partial charge in [0.25, 0.3) is 0 Å². The molecule has 0 bridgehead atoms. The van der Waals surface area contributed by atoms with Gasteiger partial charge < -0.3 is 10.6 Å². The molecule has 1 saturated carbocycles. The quantitative estimate of drug-likeness (QED) is 0.853. The van der Waals surface area contributed by atoms with E-state index in [1.807, 2.05) is 24.3 Å². The van der Waals surface area contributed by atoms with Gasteiger partial charge in [-0.25, -0.2) is 0 Å². The number of rotatable bonds is 5. The Kier molecular flexibility index (Phi) is 6.05. The Morgan fingerprint density at radius 2 is 2.10 bits per heavy atom. The van der Waals surface area contributed by atoms with Crippen LogP contribution >= 0.6 is 15.9 Å². The topological polar surface area (TPSA) is 41.1 Å². The standard InChI is InChI=1S/C16H23BrN2O/c1-12(13-6-3-2-4-7-13)18-11-16(20)19-15-9-5-8-14(17)10-15/h5,8-10,12-13,18H,2-4,6-7,11H2,1H3,(H,19,20). The molecule has 1 amide bonds. The van der Waals surface area contributed by atoms with E-state index in [9.17, 15) is 4.79 Å². The van der Waals surface area contributed by atoms with Crippen LogP contribution < -0.4 is 10.6 Å². The van der Waals surface area contributed by atoms with Gasteiger partial charge in [-0.2, -0.15) is 0 Å². The van der Waals surface area contributed by atoms with Gasteiger partial charge in [-0.15, -0.1) is 0 Å². The SMILES string of the molecule is CC(NCC(=O)Nc1cccc(Br)c1)C1CCCCC1. The van der Waals surface area contributed by atoms with Gasteiger partial charge in [0, 0.05) is 16.2 Å². The second kappa shape index (κ2) is 7.79. The lowest BCUT2D eigenvalue weighted by Crippen LogP contribution is -2.39. The summed E-state index contributed by atoms with van der Waals surface area (Å²) in [6, 6.07) is 8.08. The maximum Gasteiger partial charge on any atom is 0.238 e. The first-order valence-corrected chi connectivity index (χ1v) is 8.23. The fourth-order valence-corrected chi connectivity index (χ4v) is 3.23. The molecule has 1 aromatic rings. The van der Waals surface area contributed by atoms with Gasteiger partial charge in [0.1, 0.15) is 0 Å². The van der Waals surface area contributed by atoms with E-state index in [-0.39, 0.29) is 5.91 Å². The molecule has 1 aliphatic carbocycles. The summed E-state index contributed by atoms with van der Waals surface area (Å²) in [5.41, 5.74) is 0.830. The zero-order valence-electron chi connectivity index (χ0n) is 12.0. The van der Waals surface area contributed by atoms with Crippen LogP contribution in [0.4, 0.5) is 5.69 Å². The van der Waals surface area contributed by atoms with Crippen molar-refractivity contribution in [2.24, 2.45) is 5.92 Å². The molecule has 1 aromatic carbocycles. The molecule has 110 valence electrons. The van der Waals surface area contributed by atoms with Crippen molar-refractivity contribution in [3.05, 3.63) is 28.7 Å². The highest BCUT2D eigenvalue weighted by atomic mass is 79.9. The van der Waals surface area contributed by atoms with Crippen LogP contribution in [0.5, 0.6) is 0 Å². The van der Waals surface area contributed by atoms with E-state index in [1.54, 1.807) is 0 Å². The zero-order chi connectivity index (χ0) is 14.4. The Balaban J connectivity index is 1.74. The Morgan fingerprint density at radius 3 is 2.80 bits per heavy atom. The van der Waals surface area contributed by atoms with E-state index in [2.05, 4.69) is 33.5 Å². The summed E-state index contributed by atoms with van der Waals surface area (Å²) in [6.45, 7) is 2.58. The molecule has 2 rings (SSSR count). The van der Waals surface area contributed by atoms with Crippen LogP contribution in [0, 0.1) is 5.92 Å². The molecule has 0 aromatic heterocycles. The number of carbonyl (C=O) groups is 1.